The van der Waals surface area contributed by atoms with Gasteiger partial charge in [0, 0.05) is 25.2 Å². The fraction of sp³-hybridized carbons (Fsp3) is 1.00. The Balaban J connectivity index is 1.51. The summed E-state index contributed by atoms with van der Waals surface area (Å²) in [7, 11) is 2.20. The van der Waals surface area contributed by atoms with E-state index in [1.54, 1.807) is 0 Å². The lowest BCUT2D eigenvalue weighted by Gasteiger charge is -2.28. The Hall–Kier alpha value is -0.160. The lowest BCUT2D eigenvalue weighted by Crippen LogP contribution is -2.42. The van der Waals surface area contributed by atoms with Gasteiger partial charge in [-0.15, -0.1) is 0 Å². The van der Waals surface area contributed by atoms with Crippen molar-refractivity contribution in [1.82, 2.24) is 10.2 Å². The summed E-state index contributed by atoms with van der Waals surface area (Å²) in [6, 6.07) is 1.33. The molecule has 0 aromatic rings. The van der Waals surface area contributed by atoms with Gasteiger partial charge in [0.25, 0.3) is 0 Å². The SMILES string of the molecule is CC1CCCC(OCC(O)CNCC(C)N(C)C2CC2)C1. The van der Waals surface area contributed by atoms with E-state index < -0.39 is 0 Å². The second-order valence-electron chi connectivity index (χ2n) is 7.28. The fourth-order valence-electron chi connectivity index (χ4n) is 3.28. The molecule has 2 fully saturated rings. The van der Waals surface area contributed by atoms with E-state index in [0.29, 0.717) is 25.3 Å². The maximum atomic E-state index is 10.0. The van der Waals surface area contributed by atoms with Crippen LogP contribution in [0.15, 0.2) is 0 Å². The number of nitrogens with one attached hydrogen (secondary N) is 1. The van der Waals surface area contributed by atoms with Gasteiger partial charge in [-0.25, -0.2) is 0 Å². The van der Waals surface area contributed by atoms with Crippen LogP contribution in [-0.4, -0.2) is 61.0 Å². The van der Waals surface area contributed by atoms with Crippen LogP contribution in [0, 0.1) is 5.92 Å². The highest BCUT2D eigenvalue weighted by molar-refractivity contribution is 4.85. The highest BCUT2D eigenvalue weighted by Crippen LogP contribution is 2.27. The fourth-order valence-corrected chi connectivity index (χ4v) is 3.28. The summed E-state index contributed by atoms with van der Waals surface area (Å²) in [6.07, 6.45) is 7.58. The van der Waals surface area contributed by atoms with Gasteiger partial charge in [0.05, 0.1) is 18.8 Å². The molecule has 2 aliphatic rings. The molecule has 2 aliphatic carbocycles. The maximum absolute atomic E-state index is 10.0. The molecule has 0 amide bonds. The van der Waals surface area contributed by atoms with E-state index >= 15 is 0 Å². The van der Waals surface area contributed by atoms with E-state index in [-0.39, 0.29) is 6.10 Å². The second kappa shape index (κ2) is 8.47. The Morgan fingerprint density at radius 2 is 2.00 bits per heavy atom. The average Bonchev–Trinajstić information content (AvgIpc) is 3.29. The summed E-state index contributed by atoms with van der Waals surface area (Å²) in [6.45, 7) is 6.58. The summed E-state index contributed by atoms with van der Waals surface area (Å²) < 4.78 is 5.87. The summed E-state index contributed by atoms with van der Waals surface area (Å²) >= 11 is 0. The van der Waals surface area contributed by atoms with Gasteiger partial charge in [0.1, 0.15) is 0 Å². The van der Waals surface area contributed by atoms with Crippen LogP contribution in [0.3, 0.4) is 0 Å². The van der Waals surface area contributed by atoms with Gasteiger partial charge in [-0.3, -0.25) is 4.90 Å². The van der Waals surface area contributed by atoms with Gasteiger partial charge in [0.2, 0.25) is 0 Å². The minimum absolute atomic E-state index is 0.364. The largest absolute Gasteiger partial charge is 0.389 e. The van der Waals surface area contributed by atoms with Crippen molar-refractivity contribution in [1.29, 1.82) is 0 Å². The van der Waals surface area contributed by atoms with E-state index in [4.69, 9.17) is 4.74 Å². The number of ether oxygens (including phenoxy) is 1. The van der Waals surface area contributed by atoms with Crippen LogP contribution in [0.2, 0.25) is 0 Å². The van der Waals surface area contributed by atoms with Gasteiger partial charge < -0.3 is 15.2 Å². The zero-order valence-electron chi connectivity index (χ0n) is 14.1. The number of nitrogens with zero attached hydrogens (tertiary/aromatic N) is 1. The zero-order valence-corrected chi connectivity index (χ0v) is 14.1. The standard InChI is InChI=1S/C17H34N2O2/c1-13-5-4-6-17(9-13)21-12-16(20)11-18-10-14(2)19(3)15-7-8-15/h13-18,20H,4-12H2,1-3H3. The van der Waals surface area contributed by atoms with Crippen molar-refractivity contribution in [3.63, 3.8) is 0 Å². The minimum atomic E-state index is -0.388. The van der Waals surface area contributed by atoms with Crippen molar-refractivity contribution in [2.45, 2.75) is 76.7 Å². The highest BCUT2D eigenvalue weighted by atomic mass is 16.5. The number of rotatable bonds is 9. The second-order valence-corrected chi connectivity index (χ2v) is 7.28. The van der Waals surface area contributed by atoms with Crippen molar-refractivity contribution >= 4 is 0 Å². The van der Waals surface area contributed by atoms with Crippen molar-refractivity contribution in [3.8, 4) is 0 Å². The van der Waals surface area contributed by atoms with Crippen LogP contribution in [-0.2, 0) is 4.74 Å². The predicted molar refractivity (Wildman–Crippen MR) is 86.5 cm³/mol. The molecular formula is C17H34N2O2. The molecule has 4 heteroatoms. The maximum Gasteiger partial charge on any atom is 0.0897 e. The zero-order chi connectivity index (χ0) is 15.2. The summed E-state index contributed by atoms with van der Waals surface area (Å²) in [5, 5.41) is 13.4. The molecule has 2 saturated carbocycles. The van der Waals surface area contributed by atoms with Gasteiger partial charge in [0.15, 0.2) is 0 Å². The van der Waals surface area contributed by atoms with Crippen LogP contribution in [0.4, 0.5) is 0 Å². The average molecular weight is 298 g/mol. The molecule has 0 aromatic heterocycles. The smallest absolute Gasteiger partial charge is 0.0897 e. The molecule has 21 heavy (non-hydrogen) atoms. The van der Waals surface area contributed by atoms with Crippen molar-refractivity contribution in [2.75, 3.05) is 26.7 Å². The van der Waals surface area contributed by atoms with E-state index in [0.717, 1.165) is 31.3 Å². The van der Waals surface area contributed by atoms with Crippen LogP contribution >= 0.6 is 0 Å². The molecule has 124 valence electrons. The molecule has 0 saturated heterocycles. The third-order valence-electron chi connectivity index (χ3n) is 5.05. The summed E-state index contributed by atoms with van der Waals surface area (Å²) in [5.41, 5.74) is 0. The molecular weight excluding hydrogens is 264 g/mol. The topological polar surface area (TPSA) is 44.7 Å². The molecule has 0 bridgehead atoms. The van der Waals surface area contributed by atoms with Crippen molar-refractivity contribution in [2.24, 2.45) is 5.92 Å². The molecule has 0 radical (unpaired) electrons. The number of hydrogen-bond acceptors (Lipinski definition) is 4. The molecule has 4 unspecified atom stereocenters. The quantitative estimate of drug-likeness (QED) is 0.683. The predicted octanol–water partition coefficient (Wildman–Crippen LogP) is 2.01. The van der Waals surface area contributed by atoms with E-state index in [1.165, 1.54) is 25.7 Å². The number of aliphatic hydroxyl groups is 1. The minimum Gasteiger partial charge on any atom is -0.389 e. The monoisotopic (exact) mass is 298 g/mol. The molecule has 0 aliphatic heterocycles. The number of hydrogen-bond donors (Lipinski definition) is 2. The molecule has 2 N–H and O–H groups in total. The third-order valence-corrected chi connectivity index (χ3v) is 5.05. The Labute approximate surface area is 130 Å². The first-order valence-corrected chi connectivity index (χ1v) is 8.78. The van der Waals surface area contributed by atoms with Crippen molar-refractivity contribution in [3.05, 3.63) is 0 Å². The first kappa shape index (κ1) is 17.2. The summed E-state index contributed by atoms with van der Waals surface area (Å²) in [5.74, 6) is 0.776. The third kappa shape index (κ3) is 6.23. The Kier molecular flexibility index (Phi) is 6.93. The Morgan fingerprint density at radius 3 is 2.67 bits per heavy atom. The van der Waals surface area contributed by atoms with Gasteiger partial charge in [-0.05, 0) is 45.6 Å². The molecule has 0 spiro atoms. The van der Waals surface area contributed by atoms with Crippen LogP contribution in [0.5, 0.6) is 0 Å². The van der Waals surface area contributed by atoms with E-state index in [1.807, 2.05) is 0 Å². The van der Waals surface area contributed by atoms with Gasteiger partial charge in [-0.2, -0.15) is 0 Å². The Bertz CT molecular complexity index is 297. The first-order chi connectivity index (χ1) is 10.1. The lowest BCUT2D eigenvalue weighted by atomic mass is 9.89. The molecule has 0 heterocycles. The normalized spacial score (nSPS) is 29.6. The number of likely N-dealkylation sites (N-methyl/N-ethyl adjacent to an activating group) is 1. The molecule has 0 aromatic carbocycles. The molecule has 4 atom stereocenters. The molecule has 2 rings (SSSR count). The van der Waals surface area contributed by atoms with Gasteiger partial charge in [-0.1, -0.05) is 19.8 Å². The van der Waals surface area contributed by atoms with Crippen LogP contribution in [0.1, 0.15) is 52.4 Å². The van der Waals surface area contributed by atoms with Crippen LogP contribution in [0.25, 0.3) is 0 Å². The summed E-state index contributed by atoms with van der Waals surface area (Å²) in [4.78, 5) is 2.44. The van der Waals surface area contributed by atoms with E-state index in [2.05, 4.69) is 31.1 Å². The highest BCUT2D eigenvalue weighted by Gasteiger charge is 2.28. The van der Waals surface area contributed by atoms with Crippen LogP contribution < -0.4 is 5.32 Å². The number of aliphatic hydroxyl groups excluding tert-OH is 1. The van der Waals surface area contributed by atoms with Gasteiger partial charge >= 0.3 is 0 Å². The molecule has 4 nitrogen and oxygen atoms in total. The Morgan fingerprint density at radius 1 is 1.24 bits per heavy atom. The van der Waals surface area contributed by atoms with E-state index in [9.17, 15) is 5.11 Å². The van der Waals surface area contributed by atoms with Crippen molar-refractivity contribution < 1.29 is 9.84 Å². The first-order valence-electron chi connectivity index (χ1n) is 8.78. The lowest BCUT2D eigenvalue weighted by molar-refractivity contribution is -0.0308.